The van der Waals surface area contributed by atoms with Crippen molar-refractivity contribution in [2.24, 2.45) is 11.0 Å². The average Bonchev–Trinajstić information content (AvgIpc) is 2.42. The van der Waals surface area contributed by atoms with Crippen molar-refractivity contribution in [1.29, 1.82) is 0 Å². The molecular formula is C14H20N2O3. The predicted octanol–water partition coefficient (Wildman–Crippen LogP) is 2.22. The van der Waals surface area contributed by atoms with E-state index in [9.17, 15) is 4.79 Å². The normalized spacial score (nSPS) is 11.3. The van der Waals surface area contributed by atoms with Crippen LogP contribution in [-0.2, 0) is 4.79 Å². The van der Waals surface area contributed by atoms with Crippen LogP contribution in [0.15, 0.2) is 29.4 Å². The molecule has 104 valence electrons. The Labute approximate surface area is 113 Å². The second kappa shape index (κ2) is 7.41. The molecule has 0 heterocycles. The second-order valence-electron chi connectivity index (χ2n) is 4.38. The third-order valence-electron chi connectivity index (χ3n) is 2.62. The van der Waals surface area contributed by atoms with Crippen LogP contribution in [0.5, 0.6) is 11.5 Å². The van der Waals surface area contributed by atoms with Gasteiger partial charge in [-0.15, -0.1) is 0 Å². The highest BCUT2D eigenvalue weighted by Gasteiger charge is 2.06. The zero-order chi connectivity index (χ0) is 14.3. The van der Waals surface area contributed by atoms with Crippen LogP contribution in [0.1, 0.15) is 20.8 Å². The van der Waals surface area contributed by atoms with Gasteiger partial charge in [0.25, 0.3) is 5.91 Å². The highest BCUT2D eigenvalue weighted by molar-refractivity contribution is 5.86. The standard InChI is InChI=1S/C14H20N2O3/c1-10(2)11(3)15-16-14(17)9-19-13-8-6-5-7-12(13)18-4/h5-8,10H,9H2,1-4H3,(H,16,17). The first kappa shape index (κ1) is 15.0. The quantitative estimate of drug-likeness (QED) is 0.633. The highest BCUT2D eigenvalue weighted by atomic mass is 16.5. The predicted molar refractivity (Wildman–Crippen MR) is 74.6 cm³/mol. The van der Waals surface area contributed by atoms with E-state index in [-0.39, 0.29) is 12.5 Å². The minimum atomic E-state index is -0.300. The lowest BCUT2D eigenvalue weighted by molar-refractivity contribution is -0.123. The van der Waals surface area contributed by atoms with Gasteiger partial charge in [-0.1, -0.05) is 26.0 Å². The molecule has 0 saturated heterocycles. The summed E-state index contributed by atoms with van der Waals surface area (Å²) in [6.07, 6.45) is 0. The lowest BCUT2D eigenvalue weighted by atomic mass is 10.1. The molecule has 1 N–H and O–H groups in total. The Bertz CT molecular complexity index is 456. The molecule has 0 aliphatic heterocycles. The van der Waals surface area contributed by atoms with Crippen LogP contribution in [0.25, 0.3) is 0 Å². The summed E-state index contributed by atoms with van der Waals surface area (Å²) in [7, 11) is 1.55. The van der Waals surface area contributed by atoms with Crippen LogP contribution in [-0.4, -0.2) is 25.3 Å². The van der Waals surface area contributed by atoms with Crippen LogP contribution >= 0.6 is 0 Å². The number of hydrogen-bond acceptors (Lipinski definition) is 4. The molecule has 19 heavy (non-hydrogen) atoms. The van der Waals surface area contributed by atoms with Crippen molar-refractivity contribution in [3.63, 3.8) is 0 Å². The van der Waals surface area contributed by atoms with Crippen molar-refractivity contribution in [1.82, 2.24) is 5.43 Å². The summed E-state index contributed by atoms with van der Waals surface area (Å²) < 4.78 is 10.5. The van der Waals surface area contributed by atoms with Gasteiger partial charge in [-0.25, -0.2) is 5.43 Å². The minimum absolute atomic E-state index is 0.102. The molecule has 0 aliphatic carbocycles. The summed E-state index contributed by atoms with van der Waals surface area (Å²) in [4.78, 5) is 11.6. The van der Waals surface area contributed by atoms with Crippen LogP contribution in [0.3, 0.4) is 0 Å². The lowest BCUT2D eigenvalue weighted by Crippen LogP contribution is -2.26. The monoisotopic (exact) mass is 264 g/mol. The van der Waals surface area contributed by atoms with Gasteiger partial charge in [0.15, 0.2) is 18.1 Å². The van der Waals surface area contributed by atoms with Crippen LogP contribution < -0.4 is 14.9 Å². The molecule has 1 amide bonds. The van der Waals surface area contributed by atoms with Crippen molar-refractivity contribution in [3.8, 4) is 11.5 Å². The smallest absolute Gasteiger partial charge is 0.277 e. The van der Waals surface area contributed by atoms with E-state index in [2.05, 4.69) is 10.5 Å². The molecule has 0 atom stereocenters. The number of nitrogens with one attached hydrogen (secondary N) is 1. The molecule has 0 bridgehead atoms. The van der Waals surface area contributed by atoms with E-state index in [4.69, 9.17) is 9.47 Å². The highest BCUT2D eigenvalue weighted by Crippen LogP contribution is 2.25. The number of hydrazone groups is 1. The molecule has 5 nitrogen and oxygen atoms in total. The van der Waals surface area contributed by atoms with E-state index >= 15 is 0 Å². The number of carbonyl (C=O) groups is 1. The number of methoxy groups -OCH3 is 1. The van der Waals surface area contributed by atoms with E-state index in [0.29, 0.717) is 17.4 Å². The number of para-hydroxylation sites is 2. The molecule has 0 fully saturated rings. The fourth-order valence-corrected chi connectivity index (χ4v) is 1.19. The van der Waals surface area contributed by atoms with E-state index < -0.39 is 0 Å². The zero-order valence-electron chi connectivity index (χ0n) is 11.8. The Kier molecular flexibility index (Phi) is 5.85. The molecule has 0 aliphatic rings. The fourth-order valence-electron chi connectivity index (χ4n) is 1.19. The van der Waals surface area contributed by atoms with E-state index in [1.807, 2.05) is 32.9 Å². The summed E-state index contributed by atoms with van der Waals surface area (Å²) >= 11 is 0. The number of rotatable bonds is 6. The number of amides is 1. The first-order valence-corrected chi connectivity index (χ1v) is 6.13. The second-order valence-corrected chi connectivity index (χ2v) is 4.38. The van der Waals surface area contributed by atoms with Crippen LogP contribution in [0.4, 0.5) is 0 Å². The van der Waals surface area contributed by atoms with E-state index in [0.717, 1.165) is 5.71 Å². The van der Waals surface area contributed by atoms with Crippen molar-refractivity contribution in [2.45, 2.75) is 20.8 Å². The Hall–Kier alpha value is -2.04. The van der Waals surface area contributed by atoms with Gasteiger partial charge < -0.3 is 9.47 Å². The van der Waals surface area contributed by atoms with Crippen LogP contribution in [0.2, 0.25) is 0 Å². The first-order valence-electron chi connectivity index (χ1n) is 6.13. The first-order chi connectivity index (χ1) is 9.04. The fraction of sp³-hybridized carbons (Fsp3) is 0.429. The summed E-state index contributed by atoms with van der Waals surface area (Å²) in [5, 5.41) is 3.98. The molecule has 0 saturated carbocycles. The molecule has 1 rings (SSSR count). The van der Waals surface area contributed by atoms with Crippen LogP contribution in [0, 0.1) is 5.92 Å². The molecule has 0 unspecified atom stereocenters. The van der Waals surface area contributed by atoms with Gasteiger partial charge in [0.2, 0.25) is 0 Å². The third kappa shape index (κ3) is 4.99. The molecule has 5 heteroatoms. The van der Waals surface area contributed by atoms with E-state index in [1.54, 1.807) is 19.2 Å². The summed E-state index contributed by atoms with van der Waals surface area (Å²) in [6, 6.07) is 7.17. The molecule has 0 spiro atoms. The van der Waals surface area contributed by atoms with Gasteiger partial charge in [0.05, 0.1) is 7.11 Å². The summed E-state index contributed by atoms with van der Waals surface area (Å²) in [5.41, 5.74) is 3.32. The molecular weight excluding hydrogens is 244 g/mol. The Morgan fingerprint density at radius 2 is 1.95 bits per heavy atom. The summed E-state index contributed by atoms with van der Waals surface area (Å²) in [5.74, 6) is 1.13. The molecule has 0 radical (unpaired) electrons. The zero-order valence-corrected chi connectivity index (χ0v) is 11.8. The minimum Gasteiger partial charge on any atom is -0.493 e. The van der Waals surface area contributed by atoms with Gasteiger partial charge in [-0.05, 0) is 25.0 Å². The molecule has 1 aromatic rings. The lowest BCUT2D eigenvalue weighted by Gasteiger charge is -2.09. The number of hydrogen-bond donors (Lipinski definition) is 1. The molecule has 0 aromatic heterocycles. The maximum absolute atomic E-state index is 11.6. The average molecular weight is 264 g/mol. The van der Waals surface area contributed by atoms with Gasteiger partial charge in [-0.2, -0.15) is 5.10 Å². The van der Waals surface area contributed by atoms with Gasteiger partial charge >= 0.3 is 0 Å². The van der Waals surface area contributed by atoms with Crippen molar-refractivity contribution >= 4 is 11.6 Å². The van der Waals surface area contributed by atoms with Gasteiger partial charge in [0, 0.05) is 5.71 Å². The third-order valence-corrected chi connectivity index (χ3v) is 2.62. The topological polar surface area (TPSA) is 59.9 Å². The SMILES string of the molecule is COc1ccccc1OCC(=O)NN=C(C)C(C)C. The maximum Gasteiger partial charge on any atom is 0.277 e. The van der Waals surface area contributed by atoms with Gasteiger partial charge in [-0.3, -0.25) is 4.79 Å². The van der Waals surface area contributed by atoms with Crippen molar-refractivity contribution < 1.29 is 14.3 Å². The number of nitrogens with zero attached hydrogens (tertiary/aromatic N) is 1. The number of benzene rings is 1. The number of ether oxygens (including phenoxy) is 2. The van der Waals surface area contributed by atoms with Gasteiger partial charge in [0.1, 0.15) is 0 Å². The maximum atomic E-state index is 11.6. The Morgan fingerprint density at radius 3 is 2.53 bits per heavy atom. The Morgan fingerprint density at radius 1 is 1.32 bits per heavy atom. The van der Waals surface area contributed by atoms with E-state index in [1.165, 1.54) is 0 Å². The van der Waals surface area contributed by atoms with Crippen molar-refractivity contribution in [2.75, 3.05) is 13.7 Å². The van der Waals surface area contributed by atoms with Crippen molar-refractivity contribution in [3.05, 3.63) is 24.3 Å². The number of carbonyl (C=O) groups excluding carboxylic acids is 1. The summed E-state index contributed by atoms with van der Waals surface area (Å²) in [6.45, 7) is 5.79. The molecule has 1 aromatic carbocycles. The Balaban J connectivity index is 2.48. The largest absolute Gasteiger partial charge is 0.493 e.